The van der Waals surface area contributed by atoms with Gasteiger partial charge in [-0.25, -0.2) is 26.3 Å². The molecule has 7 nitrogen and oxygen atoms in total. The number of rotatable bonds is 9. The minimum atomic E-state index is -3.62. The first kappa shape index (κ1) is 26.4. The van der Waals surface area contributed by atoms with E-state index >= 15 is 0 Å². The van der Waals surface area contributed by atoms with Crippen molar-refractivity contribution in [1.82, 2.24) is 9.29 Å². The lowest BCUT2D eigenvalue weighted by Crippen LogP contribution is -2.26. The Morgan fingerprint density at radius 3 is 2.64 bits per heavy atom. The average Bonchev–Trinajstić information content (AvgIpc) is 2.77. The molecule has 2 N–H and O–H groups in total. The van der Waals surface area contributed by atoms with Crippen molar-refractivity contribution in [3.05, 3.63) is 58.3 Å². The van der Waals surface area contributed by atoms with E-state index in [2.05, 4.69) is 21.9 Å². The monoisotopic (exact) mass is 503 g/mol. The van der Waals surface area contributed by atoms with Crippen molar-refractivity contribution >= 4 is 33.2 Å². The van der Waals surface area contributed by atoms with Crippen molar-refractivity contribution in [2.75, 3.05) is 18.2 Å². The van der Waals surface area contributed by atoms with Crippen LogP contribution in [0.5, 0.6) is 0 Å². The van der Waals surface area contributed by atoms with E-state index in [4.69, 9.17) is 11.6 Å². The number of alkyl halides is 3. The minimum Gasteiger partial charge on any atom is -0.325 e. The van der Waals surface area contributed by atoms with Crippen LogP contribution in [0.1, 0.15) is 18.4 Å². The third-order valence-electron chi connectivity index (χ3n) is 4.40. The van der Waals surface area contributed by atoms with E-state index < -0.39 is 46.2 Å². The Balaban J connectivity index is 2.04. The number of nitrogens with zero attached hydrogens (tertiary/aromatic N) is 1. The lowest BCUT2D eigenvalue weighted by molar-refractivity contribution is -0.116. The third-order valence-corrected chi connectivity index (χ3v) is 6.19. The van der Waals surface area contributed by atoms with Gasteiger partial charge in [0.25, 0.3) is 12.0 Å². The zero-order chi connectivity index (χ0) is 24.6. The molecule has 178 valence electrons. The lowest BCUT2D eigenvalue weighted by Gasteiger charge is -2.11. The maximum absolute atomic E-state index is 13.7. The number of halogens is 4. The molecule has 0 bridgehead atoms. The van der Waals surface area contributed by atoms with Gasteiger partial charge in [-0.05, 0) is 31.7 Å². The normalized spacial score (nSPS) is 12.2. The van der Waals surface area contributed by atoms with Crippen LogP contribution in [-0.2, 0) is 21.4 Å². The highest BCUT2D eigenvalue weighted by atomic mass is 35.5. The summed E-state index contributed by atoms with van der Waals surface area (Å²) < 4.78 is 65.2. The molecule has 1 amide bonds. The number of pyridine rings is 1. The molecule has 1 atom stereocenters. The maximum atomic E-state index is 13.7. The molecular weight excluding hydrogens is 483 g/mol. The predicted octanol–water partition coefficient (Wildman–Crippen LogP) is 2.79. The standard InChI is InChI=1S/C21H21ClF3N3O4S/c1-26-33(31,32)17-4-2-3-14(9-17)5-6-15(11-22)7-8-20(29)27-16-10-18(23)21(30)28(12-16)13-19(24)25/h2-4,9-10,12,15,19,26H,7-8,11,13H2,1H3,(H,27,29). The summed E-state index contributed by atoms with van der Waals surface area (Å²) >= 11 is 5.91. The molecule has 1 aromatic heterocycles. The fourth-order valence-electron chi connectivity index (χ4n) is 2.71. The first-order chi connectivity index (χ1) is 15.6. The number of amides is 1. The van der Waals surface area contributed by atoms with Gasteiger partial charge in [0, 0.05) is 36.0 Å². The molecule has 0 aliphatic rings. The van der Waals surface area contributed by atoms with Crippen LogP contribution in [0.4, 0.5) is 18.9 Å². The van der Waals surface area contributed by atoms with Gasteiger partial charge in [-0.15, -0.1) is 11.6 Å². The molecule has 0 saturated heterocycles. The Bertz CT molecular complexity index is 1220. The average molecular weight is 504 g/mol. The van der Waals surface area contributed by atoms with Crippen LogP contribution in [0.25, 0.3) is 0 Å². The van der Waals surface area contributed by atoms with Crippen molar-refractivity contribution < 1.29 is 26.4 Å². The second-order valence-electron chi connectivity index (χ2n) is 6.87. The number of nitrogens with one attached hydrogen (secondary N) is 2. The number of hydrogen-bond acceptors (Lipinski definition) is 4. The van der Waals surface area contributed by atoms with Crippen LogP contribution in [0.3, 0.4) is 0 Å². The summed E-state index contributed by atoms with van der Waals surface area (Å²) in [6.45, 7) is -1.000. The fraction of sp³-hybridized carbons (Fsp3) is 0.333. The zero-order valence-electron chi connectivity index (χ0n) is 17.4. The largest absolute Gasteiger partial charge is 0.325 e. The van der Waals surface area contributed by atoms with E-state index in [1.54, 1.807) is 12.1 Å². The van der Waals surface area contributed by atoms with Gasteiger partial charge in [0.1, 0.15) is 0 Å². The van der Waals surface area contributed by atoms with E-state index in [0.29, 0.717) is 10.1 Å². The van der Waals surface area contributed by atoms with Crippen molar-refractivity contribution in [3.63, 3.8) is 0 Å². The fourth-order valence-corrected chi connectivity index (χ4v) is 3.72. The van der Waals surface area contributed by atoms with E-state index in [0.717, 1.165) is 12.3 Å². The molecule has 0 saturated carbocycles. The van der Waals surface area contributed by atoms with Crippen LogP contribution < -0.4 is 15.6 Å². The van der Waals surface area contributed by atoms with E-state index in [9.17, 15) is 31.2 Å². The predicted molar refractivity (Wildman–Crippen MR) is 118 cm³/mol. The van der Waals surface area contributed by atoms with Crippen LogP contribution in [0, 0.1) is 23.6 Å². The third kappa shape index (κ3) is 7.92. The van der Waals surface area contributed by atoms with E-state index in [-0.39, 0.29) is 29.3 Å². The van der Waals surface area contributed by atoms with Crippen molar-refractivity contribution in [2.24, 2.45) is 5.92 Å². The molecule has 2 aromatic rings. The summed E-state index contributed by atoms with van der Waals surface area (Å²) in [6.07, 6.45) is -1.75. The van der Waals surface area contributed by atoms with Gasteiger partial charge >= 0.3 is 0 Å². The number of aromatic nitrogens is 1. The summed E-state index contributed by atoms with van der Waals surface area (Å²) in [5, 5.41) is 2.36. The summed E-state index contributed by atoms with van der Waals surface area (Å²) in [6, 6.07) is 6.76. The Morgan fingerprint density at radius 2 is 2.00 bits per heavy atom. The highest BCUT2D eigenvalue weighted by Crippen LogP contribution is 2.14. The molecule has 33 heavy (non-hydrogen) atoms. The molecule has 0 spiro atoms. The smallest absolute Gasteiger partial charge is 0.286 e. The summed E-state index contributed by atoms with van der Waals surface area (Å²) in [5.74, 6) is 3.59. The van der Waals surface area contributed by atoms with Gasteiger partial charge in [0.05, 0.1) is 17.1 Å². The molecule has 0 fully saturated rings. The van der Waals surface area contributed by atoms with Gasteiger partial charge in [0.15, 0.2) is 5.82 Å². The Morgan fingerprint density at radius 1 is 1.27 bits per heavy atom. The van der Waals surface area contributed by atoms with Gasteiger partial charge in [-0.3, -0.25) is 9.59 Å². The highest BCUT2D eigenvalue weighted by Gasteiger charge is 2.14. The molecule has 2 rings (SSSR count). The van der Waals surface area contributed by atoms with Gasteiger partial charge in [-0.2, -0.15) is 0 Å². The molecule has 0 aliphatic carbocycles. The maximum Gasteiger partial charge on any atom is 0.286 e. The minimum absolute atomic E-state index is 0.0546. The SMILES string of the molecule is CNS(=O)(=O)c1cccc(C#CC(CCl)CCC(=O)Nc2cc(F)c(=O)n(CC(F)F)c2)c1. The number of sulfonamides is 1. The van der Waals surface area contributed by atoms with Crippen LogP contribution in [-0.4, -0.2) is 38.2 Å². The topological polar surface area (TPSA) is 97.3 Å². The Labute approximate surface area is 194 Å². The van der Waals surface area contributed by atoms with E-state index in [1.165, 1.54) is 19.2 Å². The molecule has 1 heterocycles. The zero-order valence-corrected chi connectivity index (χ0v) is 19.0. The van der Waals surface area contributed by atoms with E-state index in [1.807, 2.05) is 0 Å². The summed E-state index contributed by atoms with van der Waals surface area (Å²) in [4.78, 5) is 23.8. The lowest BCUT2D eigenvalue weighted by atomic mass is 10.0. The van der Waals surface area contributed by atoms with Crippen molar-refractivity contribution in [3.8, 4) is 11.8 Å². The van der Waals surface area contributed by atoms with Crippen molar-refractivity contribution in [1.29, 1.82) is 0 Å². The first-order valence-electron chi connectivity index (χ1n) is 9.64. The summed E-state index contributed by atoms with van der Waals surface area (Å²) in [5.41, 5.74) is -0.895. The molecule has 0 aliphatic heterocycles. The van der Waals surface area contributed by atoms with Gasteiger partial charge in [-0.1, -0.05) is 17.9 Å². The molecule has 1 unspecified atom stereocenters. The van der Waals surface area contributed by atoms with Crippen LogP contribution >= 0.6 is 11.6 Å². The van der Waals surface area contributed by atoms with Gasteiger partial charge < -0.3 is 9.88 Å². The Kier molecular flexibility index (Phi) is 9.52. The number of carbonyl (C=O) groups is 1. The molecule has 12 heteroatoms. The van der Waals surface area contributed by atoms with Gasteiger partial charge in [0.2, 0.25) is 15.9 Å². The van der Waals surface area contributed by atoms with Crippen molar-refractivity contribution in [2.45, 2.75) is 30.7 Å². The molecule has 1 aromatic carbocycles. The second-order valence-corrected chi connectivity index (χ2v) is 9.06. The summed E-state index contributed by atoms with van der Waals surface area (Å²) in [7, 11) is -2.32. The Hall–Kier alpha value is -2.81. The first-order valence-corrected chi connectivity index (χ1v) is 11.7. The highest BCUT2D eigenvalue weighted by molar-refractivity contribution is 7.89. The number of benzene rings is 1. The number of hydrogen-bond donors (Lipinski definition) is 2. The molecular formula is C21H21ClF3N3O4S. The molecule has 0 radical (unpaired) electrons. The van der Waals surface area contributed by atoms with Crippen LogP contribution in [0.15, 0.2) is 46.2 Å². The second kappa shape index (κ2) is 11.9. The van der Waals surface area contributed by atoms with Crippen LogP contribution in [0.2, 0.25) is 0 Å². The quantitative estimate of drug-likeness (QED) is 0.406. The number of anilines is 1. The number of carbonyl (C=O) groups excluding carboxylic acids is 1.